The first-order valence-corrected chi connectivity index (χ1v) is 9.88. The van der Waals surface area contributed by atoms with Crippen LogP contribution in [0.25, 0.3) is 0 Å². The molecule has 0 aliphatic carbocycles. The Labute approximate surface area is 174 Å². The van der Waals surface area contributed by atoms with Gasteiger partial charge in [-0.1, -0.05) is 42.8 Å². The molecule has 29 heavy (non-hydrogen) atoms. The van der Waals surface area contributed by atoms with E-state index in [1.54, 1.807) is 25.1 Å². The van der Waals surface area contributed by atoms with Gasteiger partial charge in [0.1, 0.15) is 17.7 Å². The Bertz CT molecular complexity index is 855. The second-order valence-corrected chi connectivity index (χ2v) is 7.39. The van der Waals surface area contributed by atoms with E-state index in [4.69, 9.17) is 11.6 Å². The summed E-state index contributed by atoms with van der Waals surface area (Å²) in [5.74, 6) is -1.96. The lowest BCUT2D eigenvalue weighted by Gasteiger charge is -2.30. The lowest BCUT2D eigenvalue weighted by Crippen LogP contribution is -2.50. The summed E-state index contributed by atoms with van der Waals surface area (Å²) in [6, 6.07) is 9.24. The van der Waals surface area contributed by atoms with Crippen LogP contribution in [-0.4, -0.2) is 28.8 Å². The minimum atomic E-state index is -0.873. The van der Waals surface area contributed by atoms with E-state index in [1.807, 2.05) is 13.8 Å². The van der Waals surface area contributed by atoms with E-state index >= 15 is 0 Å². The molecule has 0 fully saturated rings. The number of carbonyl (C=O) groups is 2. The normalized spacial score (nSPS) is 12.9. The fraction of sp³-hybridized carbons (Fsp3) is 0.364. The van der Waals surface area contributed by atoms with E-state index in [2.05, 4.69) is 5.32 Å². The number of hydrogen-bond donors (Lipinski definition) is 1. The standard InChI is InChI=1S/C22H25ClF2N2O2/c1-4-14(2)26-22(29)15(3)27(13-16-8-5-6-10-19(16)24)21(28)12-17-18(23)9-7-11-20(17)25/h5-11,14-15H,4,12-13H2,1-3H3,(H,26,29). The van der Waals surface area contributed by atoms with Crippen LogP contribution in [0.2, 0.25) is 5.02 Å². The molecule has 2 atom stereocenters. The van der Waals surface area contributed by atoms with Crippen LogP contribution < -0.4 is 5.32 Å². The maximum absolute atomic E-state index is 14.2. The van der Waals surface area contributed by atoms with Gasteiger partial charge in [-0.25, -0.2) is 8.78 Å². The molecular weight excluding hydrogens is 398 g/mol. The van der Waals surface area contributed by atoms with Crippen LogP contribution in [0.15, 0.2) is 42.5 Å². The molecule has 0 aromatic heterocycles. The Morgan fingerprint density at radius 2 is 1.72 bits per heavy atom. The van der Waals surface area contributed by atoms with Gasteiger partial charge in [0.15, 0.2) is 0 Å². The molecule has 0 bridgehead atoms. The maximum atomic E-state index is 14.2. The fourth-order valence-corrected chi connectivity index (χ4v) is 3.04. The third-order valence-corrected chi connectivity index (χ3v) is 5.21. The molecule has 0 aliphatic heterocycles. The molecule has 7 heteroatoms. The smallest absolute Gasteiger partial charge is 0.242 e. The summed E-state index contributed by atoms with van der Waals surface area (Å²) < 4.78 is 28.3. The highest BCUT2D eigenvalue weighted by Crippen LogP contribution is 2.22. The monoisotopic (exact) mass is 422 g/mol. The van der Waals surface area contributed by atoms with Crippen LogP contribution in [0.5, 0.6) is 0 Å². The number of rotatable bonds is 8. The zero-order chi connectivity index (χ0) is 21.6. The molecule has 0 spiro atoms. The zero-order valence-corrected chi connectivity index (χ0v) is 17.5. The van der Waals surface area contributed by atoms with Crippen molar-refractivity contribution >= 4 is 23.4 Å². The third-order valence-electron chi connectivity index (χ3n) is 4.86. The molecule has 1 N–H and O–H groups in total. The second kappa shape index (κ2) is 10.3. The van der Waals surface area contributed by atoms with Crippen molar-refractivity contribution in [3.63, 3.8) is 0 Å². The van der Waals surface area contributed by atoms with Crippen molar-refractivity contribution in [1.29, 1.82) is 0 Å². The van der Waals surface area contributed by atoms with E-state index in [1.165, 1.54) is 29.2 Å². The van der Waals surface area contributed by atoms with Gasteiger partial charge in [-0.15, -0.1) is 0 Å². The van der Waals surface area contributed by atoms with Crippen LogP contribution >= 0.6 is 11.6 Å². The van der Waals surface area contributed by atoms with Crippen molar-refractivity contribution in [2.24, 2.45) is 0 Å². The van der Waals surface area contributed by atoms with Crippen LogP contribution in [-0.2, 0) is 22.6 Å². The molecule has 2 rings (SSSR count). The SMILES string of the molecule is CCC(C)NC(=O)C(C)N(Cc1ccccc1F)C(=O)Cc1c(F)cccc1Cl. The Kier molecular flexibility index (Phi) is 8.14. The summed E-state index contributed by atoms with van der Waals surface area (Å²) in [4.78, 5) is 26.9. The Morgan fingerprint density at radius 3 is 2.34 bits per heavy atom. The molecule has 156 valence electrons. The molecule has 0 saturated carbocycles. The summed E-state index contributed by atoms with van der Waals surface area (Å²) in [6.07, 6.45) is 0.394. The molecule has 0 heterocycles. The quantitative estimate of drug-likeness (QED) is 0.681. The fourth-order valence-electron chi connectivity index (χ4n) is 2.81. The minimum Gasteiger partial charge on any atom is -0.352 e. The van der Waals surface area contributed by atoms with E-state index in [9.17, 15) is 18.4 Å². The molecule has 4 nitrogen and oxygen atoms in total. The summed E-state index contributed by atoms with van der Waals surface area (Å²) in [5.41, 5.74) is 0.316. The lowest BCUT2D eigenvalue weighted by molar-refractivity contribution is -0.140. The Hall–Kier alpha value is -2.47. The van der Waals surface area contributed by atoms with Crippen molar-refractivity contribution in [2.75, 3.05) is 0 Å². The molecule has 2 aromatic carbocycles. The number of amides is 2. The maximum Gasteiger partial charge on any atom is 0.242 e. The first kappa shape index (κ1) is 22.8. The van der Waals surface area contributed by atoms with E-state index < -0.39 is 23.6 Å². The molecule has 2 unspecified atom stereocenters. The molecule has 0 saturated heterocycles. The predicted octanol–water partition coefficient (Wildman–Crippen LogP) is 4.49. The highest BCUT2D eigenvalue weighted by atomic mass is 35.5. The Morgan fingerprint density at radius 1 is 1.07 bits per heavy atom. The van der Waals surface area contributed by atoms with E-state index in [0.29, 0.717) is 0 Å². The van der Waals surface area contributed by atoms with Gasteiger partial charge in [-0.3, -0.25) is 9.59 Å². The van der Waals surface area contributed by atoms with Gasteiger partial charge in [-0.2, -0.15) is 0 Å². The average Bonchev–Trinajstić information content (AvgIpc) is 2.69. The minimum absolute atomic E-state index is 0.0484. The van der Waals surface area contributed by atoms with Gasteiger partial charge in [0.05, 0.1) is 6.42 Å². The summed E-state index contributed by atoms with van der Waals surface area (Å²) in [7, 11) is 0. The van der Waals surface area contributed by atoms with Gasteiger partial charge >= 0.3 is 0 Å². The number of nitrogens with zero attached hydrogens (tertiary/aromatic N) is 1. The number of benzene rings is 2. The van der Waals surface area contributed by atoms with Gasteiger partial charge in [0.2, 0.25) is 11.8 Å². The van der Waals surface area contributed by atoms with Crippen LogP contribution in [0.3, 0.4) is 0 Å². The van der Waals surface area contributed by atoms with Crippen LogP contribution in [0.4, 0.5) is 8.78 Å². The average molecular weight is 423 g/mol. The Balaban J connectivity index is 2.31. The number of hydrogen-bond acceptors (Lipinski definition) is 2. The van der Waals surface area contributed by atoms with Crippen LogP contribution in [0.1, 0.15) is 38.3 Å². The van der Waals surface area contributed by atoms with Gasteiger partial charge in [-0.05, 0) is 38.5 Å². The van der Waals surface area contributed by atoms with Gasteiger partial charge < -0.3 is 10.2 Å². The van der Waals surface area contributed by atoms with Crippen molar-refractivity contribution in [1.82, 2.24) is 10.2 Å². The molecule has 0 radical (unpaired) electrons. The summed E-state index contributed by atoms with van der Waals surface area (Å²) in [5, 5.41) is 2.95. The van der Waals surface area contributed by atoms with Crippen molar-refractivity contribution < 1.29 is 18.4 Å². The first-order chi connectivity index (χ1) is 13.7. The number of carbonyl (C=O) groups excluding carboxylic acids is 2. The predicted molar refractivity (Wildman–Crippen MR) is 109 cm³/mol. The van der Waals surface area contributed by atoms with Gasteiger partial charge in [0.25, 0.3) is 0 Å². The number of halogens is 3. The lowest BCUT2D eigenvalue weighted by atomic mass is 10.1. The highest BCUT2D eigenvalue weighted by Gasteiger charge is 2.28. The molecule has 2 amide bonds. The summed E-state index contributed by atoms with van der Waals surface area (Å²) >= 11 is 6.04. The van der Waals surface area contributed by atoms with Crippen molar-refractivity contribution in [3.8, 4) is 0 Å². The van der Waals surface area contributed by atoms with Crippen molar-refractivity contribution in [2.45, 2.75) is 52.2 Å². The van der Waals surface area contributed by atoms with Gasteiger partial charge in [0, 0.05) is 28.7 Å². The zero-order valence-electron chi connectivity index (χ0n) is 16.7. The summed E-state index contributed by atoms with van der Waals surface area (Å²) in [6.45, 7) is 5.23. The van der Waals surface area contributed by atoms with E-state index in [-0.39, 0.29) is 41.1 Å². The molecule has 2 aromatic rings. The van der Waals surface area contributed by atoms with E-state index in [0.717, 1.165) is 6.42 Å². The first-order valence-electron chi connectivity index (χ1n) is 9.50. The topological polar surface area (TPSA) is 49.4 Å². The number of nitrogens with one attached hydrogen (secondary N) is 1. The third kappa shape index (κ3) is 6.00. The molecule has 0 aliphatic rings. The highest BCUT2D eigenvalue weighted by molar-refractivity contribution is 6.31. The largest absolute Gasteiger partial charge is 0.352 e. The van der Waals surface area contributed by atoms with Crippen molar-refractivity contribution in [3.05, 3.63) is 70.2 Å². The second-order valence-electron chi connectivity index (χ2n) is 6.98. The van der Waals surface area contributed by atoms with Crippen LogP contribution in [0, 0.1) is 11.6 Å². The molecular formula is C22H25ClF2N2O2.